The van der Waals surface area contributed by atoms with Crippen molar-refractivity contribution in [2.75, 3.05) is 0 Å². The number of carbonyl (C=O) groups excluding carboxylic acids is 1. The number of amides is 1. The number of allylic oxidation sites excluding steroid dienone is 3. The summed E-state index contributed by atoms with van der Waals surface area (Å²) in [6.45, 7) is 1.75. The highest BCUT2D eigenvalue weighted by molar-refractivity contribution is 7.10. The number of rotatable bonds is 2. The van der Waals surface area contributed by atoms with E-state index in [0.717, 1.165) is 27.0 Å². The zero-order valence-electron chi connectivity index (χ0n) is 14.3. The van der Waals surface area contributed by atoms with Crippen LogP contribution in [0.4, 0.5) is 0 Å². The van der Waals surface area contributed by atoms with Crippen LogP contribution in [-0.4, -0.2) is 32.6 Å². The Morgan fingerprint density at radius 3 is 3.00 bits per heavy atom. The molecule has 1 atom stereocenters. The molecule has 0 radical (unpaired) electrons. The van der Waals surface area contributed by atoms with Gasteiger partial charge in [-0.15, -0.1) is 11.3 Å². The van der Waals surface area contributed by atoms with Crippen LogP contribution in [-0.2, 0) is 4.79 Å². The van der Waals surface area contributed by atoms with Crippen molar-refractivity contribution < 1.29 is 4.79 Å². The van der Waals surface area contributed by atoms with Crippen LogP contribution in [0.3, 0.4) is 0 Å². The molecule has 0 fully saturated rings. The van der Waals surface area contributed by atoms with E-state index in [9.17, 15) is 4.79 Å². The fraction of sp³-hybridized carbons (Fsp3) is 0.105. The molecule has 1 aliphatic heterocycles. The molecule has 8 heteroatoms. The van der Waals surface area contributed by atoms with Crippen LogP contribution in [0.5, 0.6) is 0 Å². The summed E-state index contributed by atoms with van der Waals surface area (Å²) in [7, 11) is 0. The smallest absolute Gasteiger partial charge is 0.240 e. The number of aromatic nitrogens is 3. The van der Waals surface area contributed by atoms with Crippen molar-refractivity contribution in [2.24, 2.45) is 10.9 Å². The van der Waals surface area contributed by atoms with Gasteiger partial charge in [-0.05, 0) is 24.6 Å². The van der Waals surface area contributed by atoms with E-state index in [1.807, 2.05) is 29.7 Å². The summed E-state index contributed by atoms with van der Waals surface area (Å²) in [5.41, 5.74) is 4.03. The van der Waals surface area contributed by atoms with Gasteiger partial charge in [0.2, 0.25) is 5.91 Å². The molecule has 0 spiro atoms. The van der Waals surface area contributed by atoms with Crippen LogP contribution in [0, 0.1) is 11.3 Å². The Balaban J connectivity index is 1.81. The normalized spacial score (nSPS) is 19.7. The fourth-order valence-corrected chi connectivity index (χ4v) is 4.20. The third kappa shape index (κ3) is 2.37. The van der Waals surface area contributed by atoms with Crippen LogP contribution < -0.4 is 5.32 Å². The molecule has 1 aromatic carbocycles. The Hall–Kier alpha value is -3.39. The number of carbonyl (C=O) groups is 1. The van der Waals surface area contributed by atoms with Crippen molar-refractivity contribution in [3.63, 3.8) is 0 Å². The number of aliphatic imine (C=N–C) groups is 1. The first-order chi connectivity index (χ1) is 13.1. The van der Waals surface area contributed by atoms with Crippen LogP contribution in [0.2, 0.25) is 0 Å². The molecule has 3 aromatic rings. The summed E-state index contributed by atoms with van der Waals surface area (Å²) in [4.78, 5) is 21.7. The summed E-state index contributed by atoms with van der Waals surface area (Å²) < 4.78 is 0. The second kappa shape index (κ2) is 5.82. The molecule has 2 aliphatic rings. The highest BCUT2D eigenvalue weighted by Gasteiger charge is 2.39. The minimum Gasteiger partial charge on any atom is -0.314 e. The monoisotopic (exact) mass is 374 g/mol. The number of benzene rings is 1. The number of fused-ring (bicyclic) bond motifs is 2. The third-order valence-corrected chi connectivity index (χ3v) is 5.52. The molecule has 1 aliphatic carbocycles. The predicted molar refractivity (Wildman–Crippen MR) is 106 cm³/mol. The first-order valence-corrected chi connectivity index (χ1v) is 9.24. The van der Waals surface area contributed by atoms with Crippen molar-refractivity contribution in [3.05, 3.63) is 58.3 Å². The van der Waals surface area contributed by atoms with E-state index < -0.39 is 5.92 Å². The van der Waals surface area contributed by atoms with E-state index in [-0.39, 0.29) is 11.6 Å². The molecule has 1 amide bonds. The van der Waals surface area contributed by atoms with Crippen molar-refractivity contribution in [2.45, 2.75) is 6.92 Å². The lowest BCUT2D eigenvalue weighted by molar-refractivity contribution is -0.121. The van der Waals surface area contributed by atoms with E-state index >= 15 is 0 Å². The number of hydrogen-bond acceptors (Lipinski definition) is 6. The van der Waals surface area contributed by atoms with E-state index in [1.165, 1.54) is 11.3 Å². The topological polar surface area (TPSA) is 107 Å². The lowest BCUT2D eigenvalue weighted by atomic mass is 9.80. The van der Waals surface area contributed by atoms with Gasteiger partial charge in [0, 0.05) is 28.1 Å². The maximum Gasteiger partial charge on any atom is 0.240 e. The second-order valence-corrected chi connectivity index (χ2v) is 7.26. The van der Waals surface area contributed by atoms with E-state index in [1.54, 1.807) is 19.3 Å². The largest absolute Gasteiger partial charge is 0.314 e. The Morgan fingerprint density at radius 2 is 2.19 bits per heavy atom. The second-order valence-electron chi connectivity index (χ2n) is 6.36. The standard InChI is InChI=1S/C19H14N6OS/c1-9-23-17-12(19-21-5-6-27-19)7-11(16(20)15(17)18(26)24-9)10-3-2-4-14-13(10)8-22-25-14/h2-8,15,20H,1H3,(H,22,25)(H,23,24,26). The molecule has 3 N–H and O–H groups in total. The average molecular weight is 374 g/mol. The first-order valence-electron chi connectivity index (χ1n) is 8.36. The minimum absolute atomic E-state index is 0.229. The first kappa shape index (κ1) is 15.8. The van der Waals surface area contributed by atoms with Crippen LogP contribution in [0.25, 0.3) is 22.0 Å². The fourth-order valence-electron chi connectivity index (χ4n) is 3.54. The summed E-state index contributed by atoms with van der Waals surface area (Å²) in [5.74, 6) is -0.460. The quantitative estimate of drug-likeness (QED) is 0.642. The van der Waals surface area contributed by atoms with Crippen molar-refractivity contribution in [1.29, 1.82) is 5.41 Å². The number of hydrogen-bond donors (Lipinski definition) is 3. The molecular formula is C19H14N6OS. The Labute approximate surface area is 158 Å². The van der Waals surface area contributed by atoms with Gasteiger partial charge in [0.15, 0.2) is 0 Å². The van der Waals surface area contributed by atoms with Gasteiger partial charge >= 0.3 is 0 Å². The van der Waals surface area contributed by atoms with Crippen LogP contribution in [0.1, 0.15) is 17.5 Å². The van der Waals surface area contributed by atoms with E-state index in [2.05, 4.69) is 25.5 Å². The summed E-state index contributed by atoms with van der Waals surface area (Å²) in [6, 6.07) is 5.79. The Kier molecular flexibility index (Phi) is 3.41. The maximum absolute atomic E-state index is 12.7. The lowest BCUT2D eigenvalue weighted by Gasteiger charge is -2.29. The molecule has 2 aromatic heterocycles. The molecule has 0 saturated carbocycles. The summed E-state index contributed by atoms with van der Waals surface area (Å²) in [5, 5.41) is 22.2. The summed E-state index contributed by atoms with van der Waals surface area (Å²) >= 11 is 1.49. The molecule has 7 nitrogen and oxygen atoms in total. The number of nitrogens with one attached hydrogen (secondary N) is 3. The predicted octanol–water partition coefficient (Wildman–Crippen LogP) is 3.01. The molecule has 0 saturated heterocycles. The van der Waals surface area contributed by atoms with Gasteiger partial charge < -0.3 is 10.7 Å². The van der Waals surface area contributed by atoms with Crippen LogP contribution in [0.15, 0.2) is 52.7 Å². The van der Waals surface area contributed by atoms with Crippen molar-refractivity contribution >= 4 is 50.8 Å². The van der Waals surface area contributed by atoms with Crippen LogP contribution >= 0.6 is 11.3 Å². The molecule has 1 unspecified atom stereocenters. The highest BCUT2D eigenvalue weighted by Crippen LogP contribution is 2.40. The molecule has 5 rings (SSSR count). The van der Waals surface area contributed by atoms with Gasteiger partial charge in [0.05, 0.1) is 23.1 Å². The SMILES string of the molecule is CC1=NC2=C(c3nccs3)C=C(c3cccc4[nH]ncc34)C(=N)C2C(=O)N1. The maximum atomic E-state index is 12.7. The average Bonchev–Trinajstić information content (AvgIpc) is 3.33. The molecule has 132 valence electrons. The Bertz CT molecular complexity index is 1200. The zero-order chi connectivity index (χ0) is 18.5. The Morgan fingerprint density at radius 1 is 1.30 bits per heavy atom. The molecule has 3 heterocycles. The van der Waals surface area contributed by atoms with E-state index in [0.29, 0.717) is 17.1 Å². The highest BCUT2D eigenvalue weighted by atomic mass is 32.1. The van der Waals surface area contributed by atoms with Gasteiger partial charge in [-0.25, -0.2) is 9.98 Å². The molecular weight excluding hydrogens is 360 g/mol. The summed E-state index contributed by atoms with van der Waals surface area (Å²) in [6.07, 6.45) is 5.39. The number of nitrogens with zero attached hydrogens (tertiary/aromatic N) is 3. The minimum atomic E-state index is -0.755. The van der Waals surface area contributed by atoms with E-state index in [4.69, 9.17) is 5.41 Å². The zero-order valence-corrected chi connectivity index (χ0v) is 15.1. The van der Waals surface area contributed by atoms with Gasteiger partial charge in [-0.2, -0.15) is 5.10 Å². The molecule has 27 heavy (non-hydrogen) atoms. The number of thiazole rings is 1. The third-order valence-electron chi connectivity index (χ3n) is 4.71. The van der Waals surface area contributed by atoms with Gasteiger partial charge in [-0.3, -0.25) is 9.89 Å². The number of H-pyrrole nitrogens is 1. The number of aromatic amines is 1. The van der Waals surface area contributed by atoms with Gasteiger partial charge in [-0.1, -0.05) is 12.1 Å². The van der Waals surface area contributed by atoms with Crippen molar-refractivity contribution in [1.82, 2.24) is 20.5 Å². The number of amidine groups is 1. The van der Waals surface area contributed by atoms with Crippen molar-refractivity contribution in [3.8, 4) is 0 Å². The molecule has 0 bridgehead atoms. The lowest BCUT2D eigenvalue weighted by Crippen LogP contribution is -2.44. The van der Waals surface area contributed by atoms with Gasteiger partial charge in [0.25, 0.3) is 0 Å². The van der Waals surface area contributed by atoms with Gasteiger partial charge in [0.1, 0.15) is 16.8 Å².